The number of imide groups is 1. The number of carbonyl (C=O) groups is 2. The van der Waals surface area contributed by atoms with Gasteiger partial charge in [0.1, 0.15) is 17.9 Å². The van der Waals surface area contributed by atoms with Gasteiger partial charge in [0, 0.05) is 15.5 Å². The van der Waals surface area contributed by atoms with Gasteiger partial charge in [0.25, 0.3) is 0 Å². The first-order valence-corrected chi connectivity index (χ1v) is 10.5. The van der Waals surface area contributed by atoms with E-state index in [1.54, 1.807) is 28.8 Å². The van der Waals surface area contributed by atoms with Crippen molar-refractivity contribution in [3.63, 3.8) is 0 Å². The van der Waals surface area contributed by atoms with Crippen LogP contribution >= 0.6 is 23.4 Å². The smallest absolute Gasteiger partial charge is 0.244 e. The molecule has 0 bridgehead atoms. The monoisotopic (exact) mass is 419 g/mol. The third kappa shape index (κ3) is 3.07. The molecule has 3 aromatic rings. The molecule has 142 valence electrons. The summed E-state index contributed by atoms with van der Waals surface area (Å²) in [5.74, 6) is -0.224. The molecule has 1 unspecified atom stereocenters. The molecule has 29 heavy (non-hydrogen) atoms. The average molecular weight is 420 g/mol. The predicted octanol–water partition coefficient (Wildman–Crippen LogP) is 4.98. The molecule has 0 radical (unpaired) electrons. The molecule has 5 rings (SSSR count). The molecule has 1 atom stereocenters. The summed E-state index contributed by atoms with van der Waals surface area (Å²) in [5, 5.41) is 0.103. The Bertz CT molecular complexity index is 1160. The van der Waals surface area contributed by atoms with E-state index < -0.39 is 5.25 Å². The van der Waals surface area contributed by atoms with Gasteiger partial charge in [0.2, 0.25) is 0 Å². The van der Waals surface area contributed by atoms with E-state index in [0.717, 1.165) is 21.7 Å². The summed E-state index contributed by atoms with van der Waals surface area (Å²) in [7, 11) is 0. The summed E-state index contributed by atoms with van der Waals surface area (Å²) in [6.07, 6.45) is 0. The average Bonchev–Trinajstić information content (AvgIpc) is 3.13. The molecule has 4 nitrogen and oxygen atoms in total. The van der Waals surface area contributed by atoms with Crippen LogP contribution in [-0.2, 0) is 11.3 Å². The largest absolute Gasteiger partial charge is 0.506 e. The van der Waals surface area contributed by atoms with Gasteiger partial charge in [0.05, 0.1) is 0 Å². The summed E-state index contributed by atoms with van der Waals surface area (Å²) < 4.78 is 1.73. The lowest BCUT2D eigenvalue weighted by atomic mass is 10.0. The van der Waals surface area contributed by atoms with Crippen molar-refractivity contribution in [2.45, 2.75) is 16.7 Å². The van der Waals surface area contributed by atoms with E-state index in [1.165, 1.54) is 16.7 Å². The molecule has 2 aliphatic rings. The van der Waals surface area contributed by atoms with Crippen LogP contribution in [-0.4, -0.2) is 27.5 Å². The van der Waals surface area contributed by atoms with E-state index in [0.29, 0.717) is 17.3 Å². The van der Waals surface area contributed by atoms with Crippen molar-refractivity contribution in [3.05, 3.63) is 95.0 Å². The summed E-state index contributed by atoms with van der Waals surface area (Å²) in [6.45, 7) is 0.401. The number of urea groups is 1. The zero-order valence-corrected chi connectivity index (χ0v) is 16.9. The third-order valence-electron chi connectivity index (χ3n) is 5.08. The quantitative estimate of drug-likeness (QED) is 0.562. The van der Waals surface area contributed by atoms with Gasteiger partial charge in [-0.1, -0.05) is 54.1 Å². The Morgan fingerprint density at radius 3 is 2.34 bits per heavy atom. The fourth-order valence-electron chi connectivity index (χ4n) is 3.74. The molecule has 3 aromatic carbocycles. The Morgan fingerprint density at radius 1 is 0.897 bits per heavy atom. The predicted molar refractivity (Wildman–Crippen MR) is 115 cm³/mol. The van der Waals surface area contributed by atoms with Crippen molar-refractivity contribution in [3.8, 4) is 0 Å². The van der Waals surface area contributed by atoms with Gasteiger partial charge in [-0.15, -0.1) is 16.7 Å². The molecular formula is C23H16ClN2O2S+. The lowest BCUT2D eigenvalue weighted by Crippen LogP contribution is -2.55. The molecule has 0 fully saturated rings. The number of fused-ring (bicyclic) bond motifs is 3. The summed E-state index contributed by atoms with van der Waals surface area (Å²) in [6, 6.07) is 24.1. The van der Waals surface area contributed by atoms with E-state index in [-0.39, 0.29) is 11.9 Å². The molecule has 0 aromatic heterocycles. The molecule has 0 aliphatic carbocycles. The fourth-order valence-corrected chi connectivity index (χ4v) is 5.15. The van der Waals surface area contributed by atoms with Gasteiger partial charge < -0.3 is 0 Å². The maximum absolute atomic E-state index is 13.5. The van der Waals surface area contributed by atoms with Gasteiger partial charge in [0.15, 0.2) is 5.25 Å². The minimum absolute atomic E-state index is 0.224. The fraction of sp³-hybridized carbons (Fsp3) is 0.0870. The zero-order chi connectivity index (χ0) is 20.0. The number of hydrogen-bond donors (Lipinski definition) is 0. The molecule has 3 amide bonds. The van der Waals surface area contributed by atoms with Gasteiger partial charge >= 0.3 is 11.9 Å². The first-order chi connectivity index (χ1) is 14.1. The number of hydrogen-bond acceptors (Lipinski definition) is 3. The summed E-state index contributed by atoms with van der Waals surface area (Å²) in [4.78, 5) is 29.2. The van der Waals surface area contributed by atoms with Crippen LogP contribution in [0.25, 0.3) is 0 Å². The lowest BCUT2D eigenvalue weighted by molar-refractivity contribution is -0.444. The standard InChI is InChI=1S/C23H16ClN2O2S/c24-16-10-12-17(13-11-16)26-22(27)21-20(18-8-4-5-9-19(18)29-21)25(23(26)28)14-15-6-2-1-3-7-15/h1-13,21H,14H2/q+1. The summed E-state index contributed by atoms with van der Waals surface area (Å²) in [5.41, 5.74) is 3.26. The molecule has 2 aliphatic heterocycles. The Balaban J connectivity index is 1.67. The molecule has 0 saturated heterocycles. The number of benzene rings is 3. The SMILES string of the molecule is O=C1C2Sc3ccccc3C2=[N+](Cc2ccccc2)C(=O)N1c1ccc(Cl)cc1. The van der Waals surface area contributed by atoms with Crippen LogP contribution in [0, 0.1) is 0 Å². The Morgan fingerprint density at radius 2 is 1.59 bits per heavy atom. The van der Waals surface area contributed by atoms with Crippen molar-refractivity contribution in [2.75, 3.05) is 4.90 Å². The molecule has 0 spiro atoms. The molecule has 0 N–H and O–H groups in total. The number of amides is 3. The zero-order valence-electron chi connectivity index (χ0n) is 15.3. The molecular weight excluding hydrogens is 404 g/mol. The van der Waals surface area contributed by atoms with Crippen LogP contribution in [0.15, 0.2) is 83.8 Å². The molecule has 6 heteroatoms. The second-order valence-electron chi connectivity index (χ2n) is 6.88. The van der Waals surface area contributed by atoms with Crippen LogP contribution in [0.3, 0.4) is 0 Å². The van der Waals surface area contributed by atoms with E-state index in [2.05, 4.69) is 0 Å². The maximum atomic E-state index is 13.5. The van der Waals surface area contributed by atoms with Gasteiger partial charge in [-0.05, 0) is 42.0 Å². The van der Waals surface area contributed by atoms with Crippen molar-refractivity contribution in [1.82, 2.24) is 0 Å². The van der Waals surface area contributed by atoms with Gasteiger partial charge in [-0.25, -0.2) is 4.79 Å². The molecule has 2 heterocycles. The first kappa shape index (κ1) is 18.2. The van der Waals surface area contributed by atoms with Crippen molar-refractivity contribution in [2.24, 2.45) is 0 Å². The van der Waals surface area contributed by atoms with Crippen LogP contribution in [0.5, 0.6) is 0 Å². The number of carbonyl (C=O) groups excluding carboxylic acids is 2. The van der Waals surface area contributed by atoms with Crippen LogP contribution in [0.4, 0.5) is 10.5 Å². The van der Waals surface area contributed by atoms with E-state index in [1.807, 2.05) is 54.6 Å². The minimum Gasteiger partial charge on any atom is -0.244 e. The van der Waals surface area contributed by atoms with E-state index in [9.17, 15) is 9.59 Å². The second kappa shape index (κ2) is 7.17. The van der Waals surface area contributed by atoms with Crippen molar-refractivity contribution >= 4 is 46.7 Å². The van der Waals surface area contributed by atoms with Gasteiger partial charge in [-0.3, -0.25) is 0 Å². The second-order valence-corrected chi connectivity index (χ2v) is 8.47. The topological polar surface area (TPSA) is 40.4 Å². The summed E-state index contributed by atoms with van der Waals surface area (Å²) >= 11 is 7.50. The van der Waals surface area contributed by atoms with Crippen molar-refractivity contribution in [1.29, 1.82) is 0 Å². The first-order valence-electron chi connectivity index (χ1n) is 9.21. The third-order valence-corrected chi connectivity index (χ3v) is 6.60. The highest BCUT2D eigenvalue weighted by Gasteiger charge is 2.53. The highest BCUT2D eigenvalue weighted by atomic mass is 35.5. The molecule has 0 saturated carbocycles. The number of rotatable bonds is 3. The van der Waals surface area contributed by atoms with Crippen LogP contribution in [0.1, 0.15) is 11.1 Å². The Hall–Kier alpha value is -2.89. The maximum Gasteiger partial charge on any atom is 0.506 e. The number of halogens is 1. The lowest BCUT2D eigenvalue weighted by Gasteiger charge is -2.24. The minimum atomic E-state index is -0.454. The van der Waals surface area contributed by atoms with Crippen LogP contribution < -0.4 is 4.90 Å². The van der Waals surface area contributed by atoms with E-state index >= 15 is 0 Å². The number of thioether (sulfide) groups is 1. The Labute approximate surface area is 177 Å². The van der Waals surface area contributed by atoms with E-state index in [4.69, 9.17) is 11.6 Å². The highest BCUT2D eigenvalue weighted by Crippen LogP contribution is 2.41. The number of nitrogens with zero attached hydrogens (tertiary/aromatic N) is 2. The van der Waals surface area contributed by atoms with Gasteiger partial charge in [-0.2, -0.15) is 9.37 Å². The van der Waals surface area contributed by atoms with Crippen molar-refractivity contribution < 1.29 is 14.2 Å². The Kier molecular flexibility index (Phi) is 4.49. The highest BCUT2D eigenvalue weighted by molar-refractivity contribution is 8.02. The number of anilines is 1. The normalized spacial score (nSPS) is 18.1. The van der Waals surface area contributed by atoms with Crippen LogP contribution in [0.2, 0.25) is 5.02 Å².